The number of carbonyl (C=O) groups is 1. The van der Waals surface area contributed by atoms with Crippen LogP contribution in [-0.4, -0.2) is 44.9 Å². The maximum Gasteiger partial charge on any atom is 0.255 e. The minimum absolute atomic E-state index is 0.0688. The Balaban J connectivity index is 1.09. The largest absolute Gasteiger partial charge is 0.379 e. The van der Waals surface area contributed by atoms with Crippen molar-refractivity contribution in [3.05, 3.63) is 65.2 Å². The third kappa shape index (κ3) is 4.66. The molecule has 4 aliphatic carbocycles. The molecule has 35 heavy (non-hydrogen) atoms. The normalized spacial score (nSPS) is 30.3. The Morgan fingerprint density at radius 3 is 2.03 bits per heavy atom. The van der Waals surface area contributed by atoms with Crippen molar-refractivity contribution in [3.8, 4) is 0 Å². The zero-order valence-electron chi connectivity index (χ0n) is 20.1. The first kappa shape index (κ1) is 23.2. The number of anilines is 1. The number of amides is 1. The van der Waals surface area contributed by atoms with Crippen LogP contribution in [0.3, 0.4) is 0 Å². The number of hydrogen-bond acceptors (Lipinski definition) is 4. The van der Waals surface area contributed by atoms with Gasteiger partial charge in [0.2, 0.25) is 10.0 Å². The molecule has 1 saturated heterocycles. The molecule has 4 bridgehead atoms. The zero-order valence-corrected chi connectivity index (χ0v) is 20.9. The SMILES string of the molecule is O=C(Nc1ccc(C23CC4CC(CC(C4)C2)C3)cc1)c1ccc(CS(=O)(=O)N2CCOCC2)cc1. The van der Waals surface area contributed by atoms with E-state index in [1.165, 1.54) is 48.4 Å². The fourth-order valence-corrected chi connectivity index (χ4v) is 8.96. The van der Waals surface area contributed by atoms with Gasteiger partial charge in [-0.2, -0.15) is 4.31 Å². The van der Waals surface area contributed by atoms with Crippen LogP contribution in [0.15, 0.2) is 48.5 Å². The van der Waals surface area contributed by atoms with Gasteiger partial charge in [0.25, 0.3) is 5.91 Å². The van der Waals surface area contributed by atoms with Gasteiger partial charge in [0.15, 0.2) is 0 Å². The van der Waals surface area contributed by atoms with E-state index in [9.17, 15) is 13.2 Å². The highest BCUT2D eigenvalue weighted by atomic mass is 32.2. The smallest absolute Gasteiger partial charge is 0.255 e. The van der Waals surface area contributed by atoms with Crippen molar-refractivity contribution in [2.24, 2.45) is 17.8 Å². The molecule has 1 aliphatic heterocycles. The van der Waals surface area contributed by atoms with E-state index in [2.05, 4.69) is 17.4 Å². The van der Waals surface area contributed by atoms with Crippen LogP contribution in [0, 0.1) is 17.8 Å². The predicted octanol–water partition coefficient (Wildman–Crippen LogP) is 4.57. The van der Waals surface area contributed by atoms with Gasteiger partial charge in [-0.15, -0.1) is 0 Å². The summed E-state index contributed by atoms with van der Waals surface area (Å²) in [6, 6.07) is 15.4. The quantitative estimate of drug-likeness (QED) is 0.638. The van der Waals surface area contributed by atoms with Crippen molar-refractivity contribution in [2.45, 2.75) is 49.7 Å². The van der Waals surface area contributed by atoms with Gasteiger partial charge in [0, 0.05) is 24.3 Å². The molecule has 2 aromatic carbocycles. The minimum Gasteiger partial charge on any atom is -0.379 e. The molecule has 0 aromatic heterocycles. The van der Waals surface area contributed by atoms with Crippen molar-refractivity contribution in [1.82, 2.24) is 4.31 Å². The van der Waals surface area contributed by atoms with Crippen LogP contribution in [0.5, 0.6) is 0 Å². The fraction of sp³-hybridized carbons (Fsp3) is 0.536. The van der Waals surface area contributed by atoms with Crippen LogP contribution < -0.4 is 5.32 Å². The Morgan fingerprint density at radius 1 is 0.886 bits per heavy atom. The van der Waals surface area contributed by atoms with Crippen molar-refractivity contribution < 1.29 is 17.9 Å². The Morgan fingerprint density at radius 2 is 1.46 bits per heavy atom. The first-order valence-corrected chi connectivity index (χ1v) is 14.6. The molecule has 5 fully saturated rings. The van der Waals surface area contributed by atoms with E-state index >= 15 is 0 Å². The van der Waals surface area contributed by atoms with Crippen LogP contribution in [0.2, 0.25) is 0 Å². The van der Waals surface area contributed by atoms with Crippen molar-refractivity contribution in [1.29, 1.82) is 0 Å². The molecule has 0 unspecified atom stereocenters. The standard InChI is InChI=1S/C28H34N2O4S/c31-27(24-3-1-20(2-4-24)19-35(32,33)30-9-11-34-12-10-30)29-26-7-5-25(6-8-26)28-16-21-13-22(17-28)15-23(14-21)18-28/h1-8,21-23H,9-19H2,(H,29,31). The fourth-order valence-electron chi connectivity index (χ4n) is 7.45. The van der Waals surface area contributed by atoms with Crippen molar-refractivity contribution >= 4 is 21.6 Å². The van der Waals surface area contributed by atoms with E-state index < -0.39 is 10.0 Å². The number of morpholine rings is 1. The molecule has 1 amide bonds. The first-order valence-electron chi connectivity index (χ1n) is 12.9. The molecule has 1 heterocycles. The molecular formula is C28H34N2O4S. The molecule has 0 spiro atoms. The Hall–Kier alpha value is -2.22. The molecule has 186 valence electrons. The van der Waals surface area contributed by atoms with Gasteiger partial charge < -0.3 is 10.1 Å². The number of carbonyl (C=O) groups excluding carboxylic acids is 1. The number of nitrogens with one attached hydrogen (secondary N) is 1. The van der Waals surface area contributed by atoms with E-state index in [0.717, 1.165) is 23.4 Å². The first-order chi connectivity index (χ1) is 16.9. The highest BCUT2D eigenvalue weighted by Gasteiger charge is 2.51. The topological polar surface area (TPSA) is 75.7 Å². The van der Waals surface area contributed by atoms with Gasteiger partial charge in [-0.05, 0) is 97.1 Å². The monoisotopic (exact) mass is 494 g/mol. The van der Waals surface area contributed by atoms with Crippen LogP contribution in [0.1, 0.15) is 60.0 Å². The number of benzene rings is 2. The Kier molecular flexibility index (Phi) is 5.98. The van der Waals surface area contributed by atoms with Gasteiger partial charge in [-0.1, -0.05) is 24.3 Å². The predicted molar refractivity (Wildman–Crippen MR) is 136 cm³/mol. The van der Waals surface area contributed by atoms with Gasteiger partial charge in [0.1, 0.15) is 0 Å². The van der Waals surface area contributed by atoms with E-state index in [1.807, 2.05) is 12.1 Å². The van der Waals surface area contributed by atoms with Gasteiger partial charge in [-0.25, -0.2) is 8.42 Å². The summed E-state index contributed by atoms with van der Waals surface area (Å²) in [5.74, 6) is 2.48. The summed E-state index contributed by atoms with van der Waals surface area (Å²) < 4.78 is 32.0. The van der Waals surface area contributed by atoms with Crippen LogP contribution >= 0.6 is 0 Å². The summed E-state index contributed by atoms with van der Waals surface area (Å²) in [7, 11) is -3.39. The molecular weight excluding hydrogens is 460 g/mol. The molecule has 6 nitrogen and oxygen atoms in total. The molecule has 7 heteroatoms. The molecule has 5 aliphatic rings. The van der Waals surface area contributed by atoms with Crippen LogP contribution in [0.4, 0.5) is 5.69 Å². The van der Waals surface area contributed by atoms with E-state index in [1.54, 1.807) is 24.3 Å². The number of ether oxygens (including phenoxy) is 1. The van der Waals surface area contributed by atoms with Gasteiger partial charge in [-0.3, -0.25) is 4.79 Å². The maximum absolute atomic E-state index is 12.8. The highest BCUT2D eigenvalue weighted by molar-refractivity contribution is 7.88. The second-order valence-corrected chi connectivity index (χ2v) is 13.2. The van der Waals surface area contributed by atoms with E-state index in [4.69, 9.17) is 4.74 Å². The molecule has 7 rings (SSSR count). The summed E-state index contributed by atoms with van der Waals surface area (Å²) in [6.07, 6.45) is 8.30. The lowest BCUT2D eigenvalue weighted by molar-refractivity contribution is -0.00518. The minimum atomic E-state index is -3.39. The summed E-state index contributed by atoms with van der Waals surface area (Å²) in [6.45, 7) is 1.65. The average molecular weight is 495 g/mol. The van der Waals surface area contributed by atoms with Crippen molar-refractivity contribution in [2.75, 3.05) is 31.6 Å². The molecule has 0 atom stereocenters. The molecule has 1 N–H and O–H groups in total. The maximum atomic E-state index is 12.8. The second kappa shape index (κ2) is 9.02. The molecule has 4 saturated carbocycles. The van der Waals surface area contributed by atoms with Crippen molar-refractivity contribution in [3.63, 3.8) is 0 Å². The van der Waals surface area contributed by atoms with Gasteiger partial charge >= 0.3 is 0 Å². The lowest BCUT2D eigenvalue weighted by Crippen LogP contribution is -2.48. The van der Waals surface area contributed by atoms with Crippen LogP contribution in [0.25, 0.3) is 0 Å². The Bertz CT molecular complexity index is 1150. The van der Waals surface area contributed by atoms with Crippen LogP contribution in [-0.2, 0) is 25.9 Å². The third-order valence-corrected chi connectivity index (χ3v) is 10.6. The number of sulfonamides is 1. The van der Waals surface area contributed by atoms with Gasteiger partial charge in [0.05, 0.1) is 19.0 Å². The zero-order chi connectivity index (χ0) is 24.0. The summed E-state index contributed by atoms with van der Waals surface area (Å²) in [5, 5.41) is 3.00. The number of nitrogens with zero attached hydrogens (tertiary/aromatic N) is 1. The highest BCUT2D eigenvalue weighted by Crippen LogP contribution is 2.60. The summed E-state index contributed by atoms with van der Waals surface area (Å²) >= 11 is 0. The third-order valence-electron chi connectivity index (χ3n) is 8.72. The average Bonchev–Trinajstić information content (AvgIpc) is 2.84. The molecule has 0 radical (unpaired) electrons. The lowest BCUT2D eigenvalue weighted by Gasteiger charge is -2.57. The number of hydrogen-bond donors (Lipinski definition) is 1. The molecule has 2 aromatic rings. The van der Waals surface area contributed by atoms with E-state index in [0.29, 0.717) is 42.8 Å². The summed E-state index contributed by atoms with van der Waals surface area (Å²) in [4.78, 5) is 12.8. The number of rotatable bonds is 6. The van der Waals surface area contributed by atoms with E-state index in [-0.39, 0.29) is 11.7 Å². The lowest BCUT2D eigenvalue weighted by atomic mass is 9.48. The summed E-state index contributed by atoms with van der Waals surface area (Å²) in [5.41, 5.74) is 3.79. The Labute approximate surface area is 208 Å². The second-order valence-electron chi connectivity index (χ2n) is 11.2.